The molecule has 2 aliphatic carbocycles. The lowest BCUT2D eigenvalue weighted by molar-refractivity contribution is 0.138. The fraction of sp³-hybridized carbons (Fsp3) is 0.500. The van der Waals surface area contributed by atoms with Crippen molar-refractivity contribution in [3.63, 3.8) is 0 Å². The van der Waals surface area contributed by atoms with E-state index in [9.17, 15) is 0 Å². The first kappa shape index (κ1) is 10.9. The molecule has 2 nitrogen and oxygen atoms in total. The van der Waals surface area contributed by atoms with Crippen LogP contribution in [0.15, 0.2) is 18.2 Å². The van der Waals surface area contributed by atoms with Crippen molar-refractivity contribution in [2.45, 2.75) is 31.8 Å². The Hall–Kier alpha value is -1.20. The lowest BCUT2D eigenvalue weighted by Gasteiger charge is -2.23. The van der Waals surface area contributed by atoms with Crippen LogP contribution in [-0.2, 0) is 0 Å². The molecule has 88 valence electrons. The van der Waals surface area contributed by atoms with Gasteiger partial charge in [-0.2, -0.15) is 5.26 Å². The van der Waals surface area contributed by atoms with Crippen molar-refractivity contribution in [3.8, 4) is 11.8 Å². The Morgan fingerprint density at radius 2 is 2.18 bits per heavy atom. The monoisotopic (exact) mass is 247 g/mol. The second-order valence-electron chi connectivity index (χ2n) is 5.08. The summed E-state index contributed by atoms with van der Waals surface area (Å²) in [6, 6.07) is 7.38. The predicted molar refractivity (Wildman–Crippen MR) is 66.0 cm³/mol. The van der Waals surface area contributed by atoms with Crippen molar-refractivity contribution in [2.75, 3.05) is 0 Å². The number of hydrogen-bond donors (Lipinski definition) is 0. The van der Waals surface area contributed by atoms with Gasteiger partial charge in [0.2, 0.25) is 0 Å². The van der Waals surface area contributed by atoms with Crippen molar-refractivity contribution in [2.24, 2.45) is 11.8 Å². The molecular weight excluding hydrogens is 234 g/mol. The van der Waals surface area contributed by atoms with Gasteiger partial charge in [0, 0.05) is 6.07 Å². The Labute approximate surface area is 106 Å². The van der Waals surface area contributed by atoms with Crippen molar-refractivity contribution in [1.82, 2.24) is 0 Å². The summed E-state index contributed by atoms with van der Waals surface area (Å²) in [6.45, 7) is 0. The minimum atomic E-state index is 0.359. The van der Waals surface area contributed by atoms with Gasteiger partial charge in [-0.3, -0.25) is 0 Å². The molecule has 0 aromatic heterocycles. The molecule has 2 unspecified atom stereocenters. The smallest absolute Gasteiger partial charge is 0.121 e. The lowest BCUT2D eigenvalue weighted by atomic mass is 9.98. The summed E-state index contributed by atoms with van der Waals surface area (Å²) < 4.78 is 6.00. The molecule has 2 saturated carbocycles. The van der Waals surface area contributed by atoms with Crippen LogP contribution in [0.2, 0.25) is 5.02 Å². The molecule has 3 rings (SSSR count). The molecule has 17 heavy (non-hydrogen) atoms. The summed E-state index contributed by atoms with van der Waals surface area (Å²) >= 11 is 5.99. The number of hydrogen-bond acceptors (Lipinski definition) is 2. The molecule has 0 N–H and O–H groups in total. The summed E-state index contributed by atoms with van der Waals surface area (Å²) in [7, 11) is 0. The highest BCUT2D eigenvalue weighted by Crippen LogP contribution is 2.46. The van der Waals surface area contributed by atoms with Crippen LogP contribution in [0.3, 0.4) is 0 Å². The van der Waals surface area contributed by atoms with Gasteiger partial charge in [-0.05, 0) is 49.7 Å². The van der Waals surface area contributed by atoms with Gasteiger partial charge in [-0.1, -0.05) is 11.6 Å². The maximum Gasteiger partial charge on any atom is 0.121 e. The van der Waals surface area contributed by atoms with E-state index in [0.29, 0.717) is 16.7 Å². The van der Waals surface area contributed by atoms with Crippen LogP contribution >= 0.6 is 11.6 Å². The highest BCUT2D eigenvalue weighted by atomic mass is 35.5. The molecule has 0 saturated heterocycles. The highest BCUT2D eigenvalue weighted by molar-refractivity contribution is 6.31. The van der Waals surface area contributed by atoms with E-state index in [4.69, 9.17) is 21.6 Å². The van der Waals surface area contributed by atoms with E-state index < -0.39 is 0 Å². The van der Waals surface area contributed by atoms with Crippen LogP contribution in [0.1, 0.15) is 31.2 Å². The van der Waals surface area contributed by atoms with Gasteiger partial charge < -0.3 is 4.74 Å². The predicted octanol–water partition coefficient (Wildman–Crippen LogP) is 3.78. The number of nitriles is 1. The fourth-order valence-corrected chi connectivity index (χ4v) is 3.38. The normalized spacial score (nSPS) is 30.2. The van der Waals surface area contributed by atoms with Crippen LogP contribution in [0.4, 0.5) is 0 Å². The van der Waals surface area contributed by atoms with E-state index in [-0.39, 0.29) is 0 Å². The number of benzene rings is 1. The second-order valence-corrected chi connectivity index (χ2v) is 5.49. The topological polar surface area (TPSA) is 33.0 Å². The zero-order valence-electron chi connectivity index (χ0n) is 9.53. The standard InChI is InChI=1S/C14H14ClNO/c15-13-7-12(4-3-11(13)8-16)17-14-6-9-1-2-10(14)5-9/h3-4,7,9-10,14H,1-2,5-6H2/t9?,10?,14-/m1/s1. The fourth-order valence-electron chi connectivity index (χ4n) is 3.17. The van der Waals surface area contributed by atoms with Crippen LogP contribution in [-0.4, -0.2) is 6.10 Å². The molecule has 3 heteroatoms. The Morgan fingerprint density at radius 3 is 2.76 bits per heavy atom. The molecule has 2 fully saturated rings. The summed E-state index contributed by atoms with van der Waals surface area (Å²) in [5.41, 5.74) is 0.506. The van der Waals surface area contributed by atoms with Gasteiger partial charge in [0.15, 0.2) is 0 Å². The minimum Gasteiger partial charge on any atom is -0.490 e. The van der Waals surface area contributed by atoms with E-state index >= 15 is 0 Å². The molecule has 0 heterocycles. The first-order valence-corrected chi connectivity index (χ1v) is 6.50. The Balaban J connectivity index is 1.74. The van der Waals surface area contributed by atoms with Crippen molar-refractivity contribution < 1.29 is 4.74 Å². The number of halogens is 1. The average Bonchev–Trinajstić information content (AvgIpc) is 2.91. The SMILES string of the molecule is N#Cc1ccc(O[C@@H]2CC3CCC2C3)cc1Cl. The molecule has 0 amide bonds. The minimum absolute atomic E-state index is 0.359. The molecule has 2 aliphatic rings. The van der Waals surface area contributed by atoms with Crippen molar-refractivity contribution in [1.29, 1.82) is 5.26 Å². The highest BCUT2D eigenvalue weighted by Gasteiger charge is 2.40. The Morgan fingerprint density at radius 1 is 1.29 bits per heavy atom. The zero-order valence-corrected chi connectivity index (χ0v) is 10.3. The van der Waals surface area contributed by atoms with Crippen LogP contribution in [0.25, 0.3) is 0 Å². The van der Waals surface area contributed by atoms with E-state index in [1.54, 1.807) is 12.1 Å². The Bertz CT molecular complexity index is 480. The van der Waals surface area contributed by atoms with Gasteiger partial charge in [-0.15, -0.1) is 0 Å². The third kappa shape index (κ3) is 2.00. The van der Waals surface area contributed by atoms with Crippen LogP contribution in [0.5, 0.6) is 5.75 Å². The average molecular weight is 248 g/mol. The summed E-state index contributed by atoms with van der Waals surface area (Å²) in [5.74, 6) is 2.40. The third-order valence-electron chi connectivity index (χ3n) is 4.02. The number of ether oxygens (including phenoxy) is 1. The van der Waals surface area contributed by atoms with Gasteiger partial charge in [0.05, 0.1) is 10.6 Å². The van der Waals surface area contributed by atoms with Crippen LogP contribution < -0.4 is 4.74 Å². The largest absolute Gasteiger partial charge is 0.490 e. The van der Waals surface area contributed by atoms with Crippen molar-refractivity contribution >= 4 is 11.6 Å². The number of fused-ring (bicyclic) bond motifs is 2. The molecule has 1 aromatic rings. The third-order valence-corrected chi connectivity index (χ3v) is 4.33. The van der Waals surface area contributed by atoms with E-state index in [1.165, 1.54) is 25.7 Å². The molecular formula is C14H14ClNO. The summed E-state index contributed by atoms with van der Waals surface area (Å²) in [6.07, 6.45) is 5.55. The quantitative estimate of drug-likeness (QED) is 0.797. The van der Waals surface area contributed by atoms with Gasteiger partial charge >= 0.3 is 0 Å². The number of nitrogens with zero attached hydrogens (tertiary/aromatic N) is 1. The maximum atomic E-state index is 8.80. The number of rotatable bonds is 2. The molecule has 0 spiro atoms. The zero-order chi connectivity index (χ0) is 11.8. The first-order valence-electron chi connectivity index (χ1n) is 6.12. The second kappa shape index (κ2) is 4.23. The Kier molecular flexibility index (Phi) is 2.72. The molecule has 1 aromatic carbocycles. The summed E-state index contributed by atoms with van der Waals surface area (Å²) in [5, 5.41) is 9.28. The van der Waals surface area contributed by atoms with Crippen molar-refractivity contribution in [3.05, 3.63) is 28.8 Å². The van der Waals surface area contributed by atoms with Gasteiger partial charge in [0.1, 0.15) is 17.9 Å². The summed E-state index contributed by atoms with van der Waals surface area (Å²) in [4.78, 5) is 0. The maximum absolute atomic E-state index is 8.80. The molecule has 0 radical (unpaired) electrons. The van der Waals surface area contributed by atoms with Crippen LogP contribution in [0, 0.1) is 23.2 Å². The van der Waals surface area contributed by atoms with E-state index in [0.717, 1.165) is 17.6 Å². The van der Waals surface area contributed by atoms with Gasteiger partial charge in [-0.25, -0.2) is 0 Å². The molecule has 2 bridgehead atoms. The lowest BCUT2D eigenvalue weighted by Crippen LogP contribution is -2.23. The molecule has 3 atom stereocenters. The molecule has 0 aliphatic heterocycles. The van der Waals surface area contributed by atoms with E-state index in [1.807, 2.05) is 6.07 Å². The first-order chi connectivity index (χ1) is 8.26. The van der Waals surface area contributed by atoms with E-state index in [2.05, 4.69) is 6.07 Å². The van der Waals surface area contributed by atoms with Gasteiger partial charge in [0.25, 0.3) is 0 Å².